The second-order valence-electron chi connectivity index (χ2n) is 7.15. The SMILES string of the molecule is CN(C)C[C@@H]1CCCCN1C(=O)COc1ccccc1-c1ccccc1. The Hall–Kier alpha value is -2.33. The van der Waals surface area contributed by atoms with Gasteiger partial charge >= 0.3 is 0 Å². The fraction of sp³-hybridized carbons (Fsp3) is 0.409. The standard InChI is InChI=1S/C22H28N2O2/c1-23(2)16-19-12-8-9-15-24(19)22(25)17-26-21-14-7-6-13-20(21)18-10-4-3-5-11-18/h3-7,10-11,13-14,19H,8-9,12,15-17H2,1-2H3/t19-/m0/s1. The van der Waals surface area contributed by atoms with Crippen LogP contribution in [0.15, 0.2) is 54.6 Å². The van der Waals surface area contributed by atoms with Crippen molar-refractivity contribution in [1.29, 1.82) is 0 Å². The molecule has 1 saturated heterocycles. The molecule has 0 unspecified atom stereocenters. The minimum Gasteiger partial charge on any atom is -0.483 e. The third kappa shape index (κ3) is 4.64. The molecule has 3 rings (SSSR count). The number of likely N-dealkylation sites (N-methyl/N-ethyl adjacent to an activating group) is 1. The van der Waals surface area contributed by atoms with E-state index in [9.17, 15) is 4.79 Å². The summed E-state index contributed by atoms with van der Waals surface area (Å²) in [5.41, 5.74) is 2.11. The van der Waals surface area contributed by atoms with Crippen LogP contribution in [-0.2, 0) is 4.79 Å². The lowest BCUT2D eigenvalue weighted by molar-refractivity contribution is -0.137. The largest absolute Gasteiger partial charge is 0.483 e. The lowest BCUT2D eigenvalue weighted by Crippen LogP contribution is -2.49. The van der Waals surface area contributed by atoms with Crippen LogP contribution in [0.1, 0.15) is 19.3 Å². The van der Waals surface area contributed by atoms with Crippen molar-refractivity contribution in [2.75, 3.05) is 33.8 Å². The van der Waals surface area contributed by atoms with Crippen molar-refractivity contribution in [2.45, 2.75) is 25.3 Å². The fourth-order valence-corrected chi connectivity index (χ4v) is 3.61. The second-order valence-corrected chi connectivity index (χ2v) is 7.15. The molecular weight excluding hydrogens is 324 g/mol. The number of rotatable bonds is 6. The quantitative estimate of drug-likeness (QED) is 0.795. The van der Waals surface area contributed by atoms with Gasteiger partial charge < -0.3 is 14.5 Å². The number of likely N-dealkylation sites (tertiary alicyclic amines) is 1. The maximum absolute atomic E-state index is 12.8. The van der Waals surface area contributed by atoms with Crippen molar-refractivity contribution in [3.63, 3.8) is 0 Å². The van der Waals surface area contributed by atoms with Gasteiger partial charge in [-0.2, -0.15) is 0 Å². The molecule has 4 heteroatoms. The Bertz CT molecular complexity index is 715. The predicted octanol–water partition coefficient (Wildman–Crippen LogP) is 3.68. The zero-order valence-corrected chi connectivity index (χ0v) is 15.7. The summed E-state index contributed by atoms with van der Waals surface area (Å²) in [6.45, 7) is 1.83. The number of para-hydroxylation sites is 1. The van der Waals surface area contributed by atoms with Crippen molar-refractivity contribution < 1.29 is 9.53 Å². The maximum atomic E-state index is 12.8. The summed E-state index contributed by atoms with van der Waals surface area (Å²) in [7, 11) is 4.12. The van der Waals surface area contributed by atoms with E-state index in [1.165, 1.54) is 6.42 Å². The van der Waals surface area contributed by atoms with E-state index < -0.39 is 0 Å². The van der Waals surface area contributed by atoms with Crippen LogP contribution in [0.25, 0.3) is 11.1 Å². The molecule has 0 N–H and O–H groups in total. The van der Waals surface area contributed by atoms with Gasteiger partial charge in [-0.1, -0.05) is 48.5 Å². The first kappa shape index (κ1) is 18.5. The van der Waals surface area contributed by atoms with Crippen molar-refractivity contribution in [1.82, 2.24) is 9.80 Å². The van der Waals surface area contributed by atoms with Crippen LogP contribution in [0.3, 0.4) is 0 Å². The summed E-state index contributed by atoms with van der Waals surface area (Å²) in [5, 5.41) is 0. The highest BCUT2D eigenvalue weighted by Gasteiger charge is 2.27. The molecule has 0 bridgehead atoms. The van der Waals surface area contributed by atoms with Gasteiger partial charge in [0, 0.05) is 24.7 Å². The van der Waals surface area contributed by atoms with Gasteiger partial charge in [0.1, 0.15) is 5.75 Å². The summed E-state index contributed by atoms with van der Waals surface area (Å²) in [6.07, 6.45) is 3.35. The van der Waals surface area contributed by atoms with E-state index in [0.29, 0.717) is 6.04 Å². The van der Waals surface area contributed by atoms with Crippen LogP contribution < -0.4 is 4.74 Å². The monoisotopic (exact) mass is 352 g/mol. The number of hydrogen-bond donors (Lipinski definition) is 0. The zero-order chi connectivity index (χ0) is 18.4. The van der Waals surface area contributed by atoms with E-state index in [0.717, 1.165) is 42.8 Å². The fourth-order valence-electron chi connectivity index (χ4n) is 3.61. The summed E-state index contributed by atoms with van der Waals surface area (Å²) in [6, 6.07) is 18.3. The van der Waals surface area contributed by atoms with Gasteiger partial charge in [-0.15, -0.1) is 0 Å². The Kier molecular flexibility index (Phi) is 6.29. The Morgan fingerprint density at radius 3 is 2.58 bits per heavy atom. The minimum atomic E-state index is 0.0828. The zero-order valence-electron chi connectivity index (χ0n) is 15.7. The molecule has 0 saturated carbocycles. The van der Waals surface area contributed by atoms with Gasteiger partial charge in [0.05, 0.1) is 0 Å². The molecule has 1 aliphatic heterocycles. The molecule has 1 amide bonds. The average molecular weight is 352 g/mol. The number of carbonyl (C=O) groups is 1. The Morgan fingerprint density at radius 1 is 1.08 bits per heavy atom. The normalized spacial score (nSPS) is 17.3. The summed E-state index contributed by atoms with van der Waals surface area (Å²) in [5.74, 6) is 0.840. The van der Waals surface area contributed by atoms with Gasteiger partial charge in [-0.05, 0) is 45.0 Å². The molecule has 4 nitrogen and oxygen atoms in total. The Balaban J connectivity index is 1.68. The number of benzene rings is 2. The Morgan fingerprint density at radius 2 is 1.81 bits per heavy atom. The number of ether oxygens (including phenoxy) is 1. The van der Waals surface area contributed by atoms with Gasteiger partial charge in [0.25, 0.3) is 5.91 Å². The molecule has 0 radical (unpaired) electrons. The summed E-state index contributed by atoms with van der Waals surface area (Å²) < 4.78 is 5.96. The van der Waals surface area contributed by atoms with Crippen LogP contribution >= 0.6 is 0 Å². The molecule has 26 heavy (non-hydrogen) atoms. The molecule has 0 spiro atoms. The summed E-state index contributed by atoms with van der Waals surface area (Å²) in [4.78, 5) is 17.0. The molecule has 0 aliphatic carbocycles. The maximum Gasteiger partial charge on any atom is 0.260 e. The first-order chi connectivity index (χ1) is 12.6. The molecule has 1 heterocycles. The number of nitrogens with zero attached hydrogens (tertiary/aromatic N) is 2. The number of piperidine rings is 1. The van der Waals surface area contributed by atoms with Crippen molar-refractivity contribution in [3.05, 3.63) is 54.6 Å². The van der Waals surface area contributed by atoms with E-state index in [-0.39, 0.29) is 12.5 Å². The van der Waals surface area contributed by atoms with Gasteiger partial charge in [0.2, 0.25) is 0 Å². The molecule has 138 valence electrons. The first-order valence-corrected chi connectivity index (χ1v) is 9.36. The molecule has 1 aliphatic rings. The van der Waals surface area contributed by atoms with Gasteiger partial charge in [0.15, 0.2) is 6.61 Å². The Labute approximate surface area is 156 Å². The van der Waals surface area contributed by atoms with Crippen molar-refractivity contribution >= 4 is 5.91 Å². The lowest BCUT2D eigenvalue weighted by Gasteiger charge is -2.37. The number of hydrogen-bond acceptors (Lipinski definition) is 3. The molecular formula is C22H28N2O2. The summed E-state index contributed by atoms with van der Waals surface area (Å²) >= 11 is 0. The third-order valence-electron chi connectivity index (χ3n) is 4.85. The number of amides is 1. The van der Waals surface area contributed by atoms with Crippen LogP contribution in [0, 0.1) is 0 Å². The van der Waals surface area contributed by atoms with Gasteiger partial charge in [-0.3, -0.25) is 4.79 Å². The topological polar surface area (TPSA) is 32.8 Å². The predicted molar refractivity (Wildman–Crippen MR) is 105 cm³/mol. The highest BCUT2D eigenvalue weighted by molar-refractivity contribution is 5.79. The molecule has 1 atom stereocenters. The van der Waals surface area contributed by atoms with E-state index >= 15 is 0 Å². The first-order valence-electron chi connectivity index (χ1n) is 9.36. The molecule has 1 fully saturated rings. The lowest BCUT2D eigenvalue weighted by atomic mass is 10.0. The molecule has 0 aromatic heterocycles. The highest BCUT2D eigenvalue weighted by Crippen LogP contribution is 2.29. The van der Waals surface area contributed by atoms with E-state index in [2.05, 4.69) is 31.1 Å². The smallest absolute Gasteiger partial charge is 0.260 e. The van der Waals surface area contributed by atoms with E-state index in [1.807, 2.05) is 47.4 Å². The average Bonchev–Trinajstić information content (AvgIpc) is 2.67. The van der Waals surface area contributed by atoms with Gasteiger partial charge in [-0.25, -0.2) is 0 Å². The van der Waals surface area contributed by atoms with Crippen LogP contribution in [0.4, 0.5) is 0 Å². The third-order valence-corrected chi connectivity index (χ3v) is 4.85. The van der Waals surface area contributed by atoms with Crippen LogP contribution in [-0.4, -0.2) is 55.5 Å². The van der Waals surface area contributed by atoms with Crippen molar-refractivity contribution in [3.8, 4) is 16.9 Å². The highest BCUT2D eigenvalue weighted by atomic mass is 16.5. The number of carbonyl (C=O) groups excluding carboxylic acids is 1. The molecule has 2 aromatic rings. The minimum absolute atomic E-state index is 0.0828. The van der Waals surface area contributed by atoms with Crippen LogP contribution in [0.2, 0.25) is 0 Å². The molecule has 2 aromatic carbocycles. The van der Waals surface area contributed by atoms with Crippen LogP contribution in [0.5, 0.6) is 5.75 Å². The van der Waals surface area contributed by atoms with Crippen molar-refractivity contribution in [2.24, 2.45) is 0 Å². The van der Waals surface area contributed by atoms with E-state index in [1.54, 1.807) is 0 Å². The van der Waals surface area contributed by atoms with E-state index in [4.69, 9.17) is 4.74 Å². The second kappa shape index (κ2) is 8.86.